The number of hydrogen-bond donors (Lipinski definition) is 2. The van der Waals surface area contributed by atoms with E-state index in [9.17, 15) is 4.79 Å². The minimum Gasteiger partial charge on any atom is -0.372 e. The van der Waals surface area contributed by atoms with Gasteiger partial charge in [0.1, 0.15) is 11.5 Å². The highest BCUT2D eigenvalue weighted by Gasteiger charge is 2.32. The fraction of sp³-hybridized carbons (Fsp3) is 0.545. The normalized spacial score (nSPS) is 22.6. The average molecular weight is 220 g/mol. The molecule has 2 atom stereocenters. The Morgan fingerprint density at radius 2 is 2.31 bits per heavy atom. The van der Waals surface area contributed by atoms with E-state index in [4.69, 9.17) is 0 Å². The van der Waals surface area contributed by atoms with E-state index in [0.717, 1.165) is 12.5 Å². The van der Waals surface area contributed by atoms with E-state index in [1.54, 1.807) is 13.2 Å². The third-order valence-electron chi connectivity index (χ3n) is 2.92. The van der Waals surface area contributed by atoms with Gasteiger partial charge in [0.05, 0.1) is 12.4 Å². The van der Waals surface area contributed by atoms with Gasteiger partial charge in [-0.25, -0.2) is 4.98 Å². The van der Waals surface area contributed by atoms with Gasteiger partial charge in [-0.1, -0.05) is 6.92 Å². The monoisotopic (exact) mass is 220 g/mol. The molecule has 0 aromatic carbocycles. The topological polar surface area (TPSA) is 66.9 Å². The van der Waals surface area contributed by atoms with Gasteiger partial charge in [0.2, 0.25) is 0 Å². The molecule has 1 fully saturated rings. The van der Waals surface area contributed by atoms with Gasteiger partial charge < -0.3 is 10.6 Å². The number of nitrogens with one attached hydrogen (secondary N) is 2. The van der Waals surface area contributed by atoms with Gasteiger partial charge in [0.15, 0.2) is 0 Å². The molecular formula is C11H16N4O. The molecule has 1 aliphatic rings. The molecule has 5 nitrogen and oxygen atoms in total. The Balaban J connectivity index is 1.92. The van der Waals surface area contributed by atoms with Crippen molar-refractivity contribution in [3.8, 4) is 0 Å². The van der Waals surface area contributed by atoms with E-state index >= 15 is 0 Å². The fourth-order valence-corrected chi connectivity index (χ4v) is 1.59. The number of hydrogen-bond acceptors (Lipinski definition) is 4. The summed E-state index contributed by atoms with van der Waals surface area (Å²) in [6.45, 7) is 2.93. The van der Waals surface area contributed by atoms with Crippen molar-refractivity contribution in [2.75, 3.05) is 18.9 Å². The minimum atomic E-state index is -0.149. The van der Waals surface area contributed by atoms with Crippen LogP contribution in [0.15, 0.2) is 12.4 Å². The van der Waals surface area contributed by atoms with Gasteiger partial charge >= 0.3 is 0 Å². The average Bonchev–Trinajstić information content (AvgIpc) is 3.02. The molecule has 2 rings (SSSR count). The molecule has 0 saturated heterocycles. The number of amides is 1. The molecule has 2 unspecified atom stereocenters. The molecule has 0 radical (unpaired) electrons. The van der Waals surface area contributed by atoms with Crippen LogP contribution < -0.4 is 10.6 Å². The number of rotatable bonds is 4. The molecule has 16 heavy (non-hydrogen) atoms. The molecule has 5 heteroatoms. The van der Waals surface area contributed by atoms with Crippen LogP contribution in [-0.4, -0.2) is 29.5 Å². The van der Waals surface area contributed by atoms with E-state index < -0.39 is 0 Å². The summed E-state index contributed by atoms with van der Waals surface area (Å²) in [5.41, 5.74) is 0.361. The number of anilines is 1. The van der Waals surface area contributed by atoms with Gasteiger partial charge in [-0.3, -0.25) is 9.78 Å². The third-order valence-corrected chi connectivity index (χ3v) is 2.92. The second kappa shape index (κ2) is 4.47. The van der Waals surface area contributed by atoms with Crippen LogP contribution >= 0.6 is 0 Å². The summed E-state index contributed by atoms with van der Waals surface area (Å²) in [5.74, 6) is 1.84. The Morgan fingerprint density at radius 1 is 1.56 bits per heavy atom. The highest BCUT2D eigenvalue weighted by Crippen LogP contribution is 2.36. The number of aromatic nitrogens is 2. The van der Waals surface area contributed by atoms with Gasteiger partial charge in [-0.2, -0.15) is 0 Å². The highest BCUT2D eigenvalue weighted by molar-refractivity contribution is 5.92. The molecule has 1 aromatic heterocycles. The largest absolute Gasteiger partial charge is 0.372 e. The van der Waals surface area contributed by atoms with Crippen molar-refractivity contribution in [2.24, 2.45) is 11.8 Å². The van der Waals surface area contributed by atoms with Crippen LogP contribution in [0.25, 0.3) is 0 Å². The van der Waals surface area contributed by atoms with Crippen molar-refractivity contribution >= 4 is 11.7 Å². The summed E-state index contributed by atoms with van der Waals surface area (Å²) in [4.78, 5) is 19.8. The Hall–Kier alpha value is -1.65. The maximum atomic E-state index is 11.7. The van der Waals surface area contributed by atoms with Crippen molar-refractivity contribution in [3.05, 3.63) is 18.1 Å². The highest BCUT2D eigenvalue weighted by atomic mass is 16.1. The molecule has 2 N–H and O–H groups in total. The Labute approximate surface area is 94.7 Å². The minimum absolute atomic E-state index is 0.149. The van der Waals surface area contributed by atoms with Crippen molar-refractivity contribution < 1.29 is 4.79 Å². The van der Waals surface area contributed by atoms with Crippen LogP contribution in [0.4, 0.5) is 5.82 Å². The van der Waals surface area contributed by atoms with E-state index in [1.807, 2.05) is 0 Å². The van der Waals surface area contributed by atoms with Gasteiger partial charge in [0.25, 0.3) is 5.91 Å². The maximum absolute atomic E-state index is 11.7. The summed E-state index contributed by atoms with van der Waals surface area (Å²) in [6, 6.07) is 0. The first-order chi connectivity index (χ1) is 7.70. The smallest absolute Gasteiger partial charge is 0.271 e. The van der Waals surface area contributed by atoms with Gasteiger partial charge in [-0.15, -0.1) is 0 Å². The third kappa shape index (κ3) is 2.48. The molecular weight excluding hydrogens is 204 g/mol. The second-order valence-electron chi connectivity index (χ2n) is 4.22. The zero-order valence-electron chi connectivity index (χ0n) is 9.53. The quantitative estimate of drug-likeness (QED) is 0.791. The van der Waals surface area contributed by atoms with E-state index in [2.05, 4.69) is 27.5 Å². The molecule has 0 aliphatic heterocycles. The van der Waals surface area contributed by atoms with Gasteiger partial charge in [0, 0.05) is 13.6 Å². The Kier molecular flexibility index (Phi) is 3.03. The first kappa shape index (κ1) is 10.9. The zero-order valence-corrected chi connectivity index (χ0v) is 9.53. The van der Waals surface area contributed by atoms with Crippen LogP contribution in [0.3, 0.4) is 0 Å². The molecule has 1 heterocycles. The lowest BCUT2D eigenvalue weighted by Gasteiger charge is -2.04. The predicted molar refractivity (Wildman–Crippen MR) is 61.2 cm³/mol. The van der Waals surface area contributed by atoms with E-state index in [1.165, 1.54) is 12.6 Å². The second-order valence-corrected chi connectivity index (χ2v) is 4.22. The van der Waals surface area contributed by atoms with Crippen molar-refractivity contribution in [1.82, 2.24) is 15.3 Å². The van der Waals surface area contributed by atoms with Gasteiger partial charge in [-0.05, 0) is 18.3 Å². The van der Waals surface area contributed by atoms with Crippen LogP contribution in [-0.2, 0) is 0 Å². The molecule has 86 valence electrons. The number of nitrogens with zero attached hydrogens (tertiary/aromatic N) is 2. The first-order valence-electron chi connectivity index (χ1n) is 5.48. The SMILES string of the molecule is CNc1cncc(C(=O)NCC2CC2C)n1. The summed E-state index contributed by atoms with van der Waals surface area (Å²) in [7, 11) is 1.75. The maximum Gasteiger partial charge on any atom is 0.271 e. The standard InChI is InChI=1S/C11H16N4O/c1-7-3-8(7)4-14-11(16)9-5-13-6-10(12-2)15-9/h5-8H,3-4H2,1-2H3,(H,12,15)(H,14,16). The number of carbonyl (C=O) groups is 1. The Bertz CT molecular complexity index is 393. The van der Waals surface area contributed by atoms with Crippen LogP contribution in [0.5, 0.6) is 0 Å². The summed E-state index contributed by atoms with van der Waals surface area (Å²) >= 11 is 0. The van der Waals surface area contributed by atoms with Crippen molar-refractivity contribution in [3.63, 3.8) is 0 Å². The van der Waals surface area contributed by atoms with E-state index in [0.29, 0.717) is 17.4 Å². The molecule has 1 aliphatic carbocycles. The Morgan fingerprint density at radius 3 is 2.94 bits per heavy atom. The zero-order chi connectivity index (χ0) is 11.5. The molecule has 1 aromatic rings. The lowest BCUT2D eigenvalue weighted by molar-refractivity contribution is 0.0946. The van der Waals surface area contributed by atoms with Crippen molar-refractivity contribution in [2.45, 2.75) is 13.3 Å². The molecule has 0 spiro atoms. The summed E-state index contributed by atoms with van der Waals surface area (Å²) < 4.78 is 0. The fourth-order valence-electron chi connectivity index (χ4n) is 1.59. The molecule has 0 bridgehead atoms. The first-order valence-corrected chi connectivity index (χ1v) is 5.48. The predicted octanol–water partition coefficient (Wildman–Crippen LogP) is 0.904. The molecule has 1 amide bonds. The van der Waals surface area contributed by atoms with Crippen LogP contribution in [0, 0.1) is 11.8 Å². The lowest BCUT2D eigenvalue weighted by Crippen LogP contribution is -2.27. The summed E-state index contributed by atoms with van der Waals surface area (Å²) in [5, 5.41) is 5.73. The lowest BCUT2D eigenvalue weighted by atomic mass is 10.3. The summed E-state index contributed by atoms with van der Waals surface area (Å²) in [6.07, 6.45) is 4.27. The van der Waals surface area contributed by atoms with E-state index in [-0.39, 0.29) is 5.91 Å². The van der Waals surface area contributed by atoms with Crippen LogP contribution in [0.2, 0.25) is 0 Å². The number of carbonyl (C=O) groups excluding carboxylic acids is 1. The van der Waals surface area contributed by atoms with Crippen molar-refractivity contribution in [1.29, 1.82) is 0 Å². The molecule has 1 saturated carbocycles. The van der Waals surface area contributed by atoms with Crippen LogP contribution in [0.1, 0.15) is 23.8 Å².